The van der Waals surface area contributed by atoms with E-state index in [2.05, 4.69) is 5.32 Å². The zero-order valence-corrected chi connectivity index (χ0v) is 13.9. The zero-order chi connectivity index (χ0) is 16.6. The molecule has 126 valence electrons. The van der Waals surface area contributed by atoms with E-state index in [1.165, 1.54) is 19.1 Å². The Morgan fingerprint density at radius 3 is 2.39 bits per heavy atom. The van der Waals surface area contributed by atoms with Crippen LogP contribution < -0.4 is 5.32 Å². The Bertz CT molecular complexity index is 678. The monoisotopic (exact) mass is 340 g/mol. The fourth-order valence-electron chi connectivity index (χ4n) is 3.40. The van der Waals surface area contributed by atoms with E-state index in [0.29, 0.717) is 24.9 Å². The van der Waals surface area contributed by atoms with Crippen LogP contribution in [0.15, 0.2) is 29.2 Å². The number of amides is 1. The predicted octanol–water partition coefficient (Wildman–Crippen LogP) is 1.06. The van der Waals surface area contributed by atoms with Crippen molar-refractivity contribution in [3.63, 3.8) is 0 Å². The lowest BCUT2D eigenvalue weighted by Crippen LogP contribution is -2.35. The van der Waals surface area contributed by atoms with Gasteiger partial charge in [0.1, 0.15) is 5.82 Å². The van der Waals surface area contributed by atoms with Gasteiger partial charge in [-0.15, -0.1) is 0 Å². The number of carbonyl (C=O) groups excluding carboxylic acids is 1. The van der Waals surface area contributed by atoms with E-state index >= 15 is 0 Å². The number of rotatable bonds is 4. The number of nitrogens with zero attached hydrogens (tertiary/aromatic N) is 1. The maximum atomic E-state index is 12.9. The van der Waals surface area contributed by atoms with Gasteiger partial charge in [-0.2, -0.15) is 0 Å². The lowest BCUT2D eigenvalue weighted by molar-refractivity contribution is -0.130. The Balaban J connectivity index is 1.65. The minimum atomic E-state index is -3.63. The molecule has 2 heterocycles. The van der Waals surface area contributed by atoms with E-state index in [1.807, 2.05) is 0 Å². The van der Waals surface area contributed by atoms with E-state index < -0.39 is 20.9 Å². The lowest BCUT2D eigenvalue weighted by Gasteiger charge is -2.20. The second kappa shape index (κ2) is 6.20. The van der Waals surface area contributed by atoms with E-state index in [-0.39, 0.29) is 17.2 Å². The smallest absolute Gasteiger partial charge is 0.223 e. The second-order valence-corrected chi connectivity index (χ2v) is 8.86. The highest BCUT2D eigenvalue weighted by Crippen LogP contribution is 2.27. The average Bonchev–Trinajstić information content (AvgIpc) is 3.08. The van der Waals surface area contributed by atoms with Crippen LogP contribution in [0.3, 0.4) is 0 Å². The largest absolute Gasteiger partial charge is 0.342 e. The Hall–Kier alpha value is -1.47. The molecular formula is C16H21FN2O3S. The van der Waals surface area contributed by atoms with Gasteiger partial charge < -0.3 is 10.2 Å². The van der Waals surface area contributed by atoms with Crippen LogP contribution in [-0.2, 0) is 14.6 Å². The van der Waals surface area contributed by atoms with E-state index in [4.69, 9.17) is 0 Å². The summed E-state index contributed by atoms with van der Waals surface area (Å²) in [5.41, 5.74) is 0. The molecule has 0 aromatic heterocycles. The molecule has 2 saturated heterocycles. The van der Waals surface area contributed by atoms with Gasteiger partial charge in [0, 0.05) is 32.6 Å². The van der Waals surface area contributed by atoms with Gasteiger partial charge in [0.05, 0.1) is 10.1 Å². The van der Waals surface area contributed by atoms with Crippen molar-refractivity contribution in [2.24, 2.45) is 11.8 Å². The molecule has 3 atom stereocenters. The molecule has 23 heavy (non-hydrogen) atoms. The minimum Gasteiger partial charge on any atom is -0.342 e. The van der Waals surface area contributed by atoms with Crippen LogP contribution in [0.5, 0.6) is 0 Å². The van der Waals surface area contributed by atoms with Crippen molar-refractivity contribution in [1.82, 2.24) is 10.2 Å². The van der Waals surface area contributed by atoms with E-state index in [9.17, 15) is 17.6 Å². The van der Waals surface area contributed by atoms with Crippen molar-refractivity contribution in [2.45, 2.75) is 23.5 Å². The third-order valence-corrected chi connectivity index (χ3v) is 7.03. The summed E-state index contributed by atoms with van der Waals surface area (Å²) in [5, 5.41) is 2.49. The number of sulfone groups is 1. The molecule has 0 bridgehead atoms. The number of likely N-dealkylation sites (tertiary alicyclic amines) is 1. The number of fused-ring (bicyclic) bond motifs is 1. The molecule has 1 N–H and O–H groups in total. The Kier molecular flexibility index (Phi) is 4.42. The summed E-state index contributed by atoms with van der Waals surface area (Å²) in [5.74, 6) is 0.383. The van der Waals surface area contributed by atoms with Gasteiger partial charge in [-0.05, 0) is 43.0 Å². The highest BCUT2D eigenvalue weighted by molar-refractivity contribution is 7.92. The van der Waals surface area contributed by atoms with Gasteiger partial charge in [0.2, 0.25) is 5.91 Å². The first-order valence-corrected chi connectivity index (χ1v) is 9.40. The molecule has 2 aliphatic rings. The van der Waals surface area contributed by atoms with Crippen molar-refractivity contribution >= 4 is 15.7 Å². The molecule has 0 saturated carbocycles. The molecule has 0 aliphatic carbocycles. The summed E-state index contributed by atoms with van der Waals surface area (Å²) in [6, 6.07) is 4.74. The van der Waals surface area contributed by atoms with Crippen molar-refractivity contribution in [3.05, 3.63) is 30.1 Å². The zero-order valence-electron chi connectivity index (χ0n) is 13.0. The number of benzene rings is 1. The van der Waals surface area contributed by atoms with Crippen LogP contribution >= 0.6 is 0 Å². The molecule has 1 aromatic carbocycles. The summed E-state index contributed by atoms with van der Waals surface area (Å²) in [6.45, 7) is 4.81. The first kappa shape index (κ1) is 16.4. The first-order valence-electron chi connectivity index (χ1n) is 7.86. The predicted molar refractivity (Wildman–Crippen MR) is 84.1 cm³/mol. The van der Waals surface area contributed by atoms with Gasteiger partial charge in [-0.1, -0.05) is 0 Å². The number of halogens is 1. The fourth-order valence-corrected chi connectivity index (χ4v) is 4.74. The van der Waals surface area contributed by atoms with Crippen LogP contribution in [0, 0.1) is 17.7 Å². The third kappa shape index (κ3) is 3.26. The van der Waals surface area contributed by atoms with Crippen molar-refractivity contribution in [1.29, 1.82) is 0 Å². The van der Waals surface area contributed by atoms with Crippen molar-refractivity contribution in [2.75, 3.05) is 26.2 Å². The number of nitrogens with one attached hydrogen (secondary N) is 1. The molecule has 0 spiro atoms. The van der Waals surface area contributed by atoms with Crippen LogP contribution in [0.2, 0.25) is 0 Å². The highest BCUT2D eigenvalue weighted by atomic mass is 32.2. The SMILES string of the molecule is CC(CC(=O)N1C[C@H]2CNC[C@H]2C1)S(=O)(=O)c1ccc(F)cc1. The Morgan fingerprint density at radius 1 is 1.26 bits per heavy atom. The summed E-state index contributed by atoms with van der Waals surface area (Å²) in [6.07, 6.45) is -0.0351. The molecule has 7 heteroatoms. The Labute approximate surface area is 135 Å². The average molecular weight is 340 g/mol. The molecule has 1 amide bonds. The lowest BCUT2D eigenvalue weighted by atomic mass is 10.0. The molecule has 1 unspecified atom stereocenters. The van der Waals surface area contributed by atoms with Gasteiger partial charge in [-0.3, -0.25) is 4.79 Å². The standard InChI is InChI=1S/C16H21FN2O3S/c1-11(23(21,22)15-4-2-14(17)3-5-15)6-16(20)19-9-12-7-18-8-13(12)10-19/h2-5,11-13,18H,6-10H2,1H3/t11?,12-,13+. The van der Waals surface area contributed by atoms with Gasteiger partial charge in [-0.25, -0.2) is 12.8 Å². The van der Waals surface area contributed by atoms with E-state index in [0.717, 1.165) is 25.2 Å². The van der Waals surface area contributed by atoms with Gasteiger partial charge >= 0.3 is 0 Å². The summed E-state index contributed by atoms with van der Waals surface area (Å²) in [4.78, 5) is 14.2. The van der Waals surface area contributed by atoms with Crippen LogP contribution in [0.1, 0.15) is 13.3 Å². The first-order chi connectivity index (χ1) is 10.9. The van der Waals surface area contributed by atoms with Gasteiger partial charge in [0.15, 0.2) is 9.84 Å². The molecule has 5 nitrogen and oxygen atoms in total. The molecular weight excluding hydrogens is 319 g/mol. The third-order valence-electron chi connectivity index (χ3n) is 4.88. The highest BCUT2D eigenvalue weighted by Gasteiger charge is 2.39. The van der Waals surface area contributed by atoms with E-state index in [1.54, 1.807) is 4.90 Å². The summed E-state index contributed by atoms with van der Waals surface area (Å²) < 4.78 is 37.9. The number of carbonyl (C=O) groups is 1. The van der Waals surface area contributed by atoms with Crippen molar-refractivity contribution < 1.29 is 17.6 Å². The summed E-state index contributed by atoms with van der Waals surface area (Å²) in [7, 11) is -3.63. The van der Waals surface area contributed by atoms with Crippen LogP contribution in [0.25, 0.3) is 0 Å². The molecule has 2 fully saturated rings. The summed E-state index contributed by atoms with van der Waals surface area (Å²) >= 11 is 0. The quantitative estimate of drug-likeness (QED) is 0.832. The number of hydrogen-bond acceptors (Lipinski definition) is 4. The Morgan fingerprint density at radius 2 is 1.83 bits per heavy atom. The minimum absolute atomic E-state index is 0.0351. The molecule has 3 rings (SSSR count). The second-order valence-electron chi connectivity index (χ2n) is 6.49. The maximum Gasteiger partial charge on any atom is 0.223 e. The topological polar surface area (TPSA) is 66.5 Å². The molecule has 2 aliphatic heterocycles. The number of hydrogen-bond donors (Lipinski definition) is 1. The van der Waals surface area contributed by atoms with Crippen LogP contribution in [-0.4, -0.2) is 50.7 Å². The molecule has 0 radical (unpaired) electrons. The molecule has 1 aromatic rings. The normalized spacial score (nSPS) is 25.4. The van der Waals surface area contributed by atoms with Crippen LogP contribution in [0.4, 0.5) is 4.39 Å². The maximum absolute atomic E-state index is 12.9. The van der Waals surface area contributed by atoms with Crippen molar-refractivity contribution in [3.8, 4) is 0 Å². The van der Waals surface area contributed by atoms with Gasteiger partial charge in [0.25, 0.3) is 0 Å². The fraction of sp³-hybridized carbons (Fsp3) is 0.562.